The molecule has 2 amide bonds. The summed E-state index contributed by atoms with van der Waals surface area (Å²) < 4.78 is 3.07. The highest BCUT2D eigenvalue weighted by molar-refractivity contribution is 6.07. The fraction of sp³-hybridized carbons (Fsp3) is 0.190. The predicted molar refractivity (Wildman–Crippen MR) is 114 cm³/mol. The van der Waals surface area contributed by atoms with Gasteiger partial charge in [0.15, 0.2) is 0 Å². The van der Waals surface area contributed by atoms with Crippen LogP contribution in [0.1, 0.15) is 32.1 Å². The second-order valence-electron chi connectivity index (χ2n) is 7.22. The number of aryl methyl sites for hydroxylation is 3. The fourth-order valence-electron chi connectivity index (χ4n) is 3.13. The number of nitrogens with zero attached hydrogens (tertiary/aromatic N) is 5. The number of carbonyl (C=O) groups excluding carboxylic acids is 2. The van der Waals surface area contributed by atoms with Crippen LogP contribution in [-0.2, 0) is 20.6 Å². The number of anilines is 1. The monoisotopic (exact) mass is 418 g/mol. The third kappa shape index (κ3) is 4.37. The van der Waals surface area contributed by atoms with Crippen molar-refractivity contribution in [2.45, 2.75) is 13.5 Å². The molecule has 10 nitrogen and oxygen atoms in total. The molecule has 4 aromatic rings. The summed E-state index contributed by atoms with van der Waals surface area (Å²) in [7, 11) is 3.44. The number of carbonyl (C=O) groups is 2. The Labute approximate surface area is 178 Å². The summed E-state index contributed by atoms with van der Waals surface area (Å²) in [4.78, 5) is 25.4. The van der Waals surface area contributed by atoms with Gasteiger partial charge in [0.2, 0.25) is 0 Å². The van der Waals surface area contributed by atoms with E-state index in [4.69, 9.17) is 0 Å². The molecule has 10 heteroatoms. The number of benzene rings is 1. The van der Waals surface area contributed by atoms with Gasteiger partial charge in [0.05, 0.1) is 23.8 Å². The normalized spacial score (nSPS) is 10.8. The first-order chi connectivity index (χ1) is 14.9. The molecule has 0 spiro atoms. The summed E-state index contributed by atoms with van der Waals surface area (Å²) in [5.74, 6) is -0.774. The highest BCUT2D eigenvalue weighted by atomic mass is 16.2. The van der Waals surface area contributed by atoms with Gasteiger partial charge in [-0.25, -0.2) is 0 Å². The molecule has 0 bridgehead atoms. The Morgan fingerprint density at radius 3 is 2.55 bits per heavy atom. The zero-order valence-electron chi connectivity index (χ0n) is 17.4. The van der Waals surface area contributed by atoms with Crippen molar-refractivity contribution in [3.8, 4) is 11.3 Å². The Morgan fingerprint density at radius 1 is 1.06 bits per heavy atom. The number of amides is 2. The van der Waals surface area contributed by atoms with E-state index in [1.165, 1.54) is 10.9 Å². The number of rotatable bonds is 6. The van der Waals surface area contributed by atoms with Crippen LogP contribution in [0.25, 0.3) is 11.3 Å². The van der Waals surface area contributed by atoms with Crippen molar-refractivity contribution in [3.63, 3.8) is 0 Å². The lowest BCUT2D eigenvalue weighted by atomic mass is 10.1. The van der Waals surface area contributed by atoms with Crippen molar-refractivity contribution in [2.75, 3.05) is 5.32 Å². The maximum Gasteiger partial charge on any atom is 0.273 e. The Balaban J connectivity index is 1.46. The van der Waals surface area contributed by atoms with E-state index in [2.05, 4.69) is 31.0 Å². The first-order valence-corrected chi connectivity index (χ1v) is 9.62. The molecular formula is C21H22N8O2. The molecular weight excluding hydrogens is 396 g/mol. The van der Waals surface area contributed by atoms with Gasteiger partial charge >= 0.3 is 0 Å². The van der Waals surface area contributed by atoms with Crippen molar-refractivity contribution in [1.82, 2.24) is 35.1 Å². The van der Waals surface area contributed by atoms with Gasteiger partial charge in [-0.05, 0) is 13.0 Å². The van der Waals surface area contributed by atoms with E-state index < -0.39 is 5.91 Å². The summed E-state index contributed by atoms with van der Waals surface area (Å²) in [5.41, 5.74) is 4.40. The molecule has 0 saturated carbocycles. The highest BCUT2D eigenvalue weighted by Gasteiger charge is 2.20. The molecule has 0 aliphatic heterocycles. The van der Waals surface area contributed by atoms with Crippen LogP contribution in [0.3, 0.4) is 0 Å². The van der Waals surface area contributed by atoms with E-state index in [1.54, 1.807) is 31.0 Å². The molecule has 3 aromatic heterocycles. The maximum absolute atomic E-state index is 12.7. The summed E-state index contributed by atoms with van der Waals surface area (Å²) >= 11 is 0. The lowest BCUT2D eigenvalue weighted by Crippen LogP contribution is -2.26. The van der Waals surface area contributed by atoms with E-state index in [0.717, 1.165) is 16.7 Å². The van der Waals surface area contributed by atoms with E-state index >= 15 is 0 Å². The molecule has 0 atom stereocenters. The van der Waals surface area contributed by atoms with Crippen LogP contribution < -0.4 is 10.6 Å². The molecule has 0 unspecified atom stereocenters. The molecule has 31 heavy (non-hydrogen) atoms. The second-order valence-corrected chi connectivity index (χ2v) is 7.22. The first-order valence-electron chi connectivity index (χ1n) is 9.62. The second kappa shape index (κ2) is 8.27. The Morgan fingerprint density at radius 2 is 1.84 bits per heavy atom. The largest absolute Gasteiger partial charge is 0.346 e. The van der Waals surface area contributed by atoms with Gasteiger partial charge < -0.3 is 10.6 Å². The van der Waals surface area contributed by atoms with Crippen molar-refractivity contribution >= 4 is 17.5 Å². The van der Waals surface area contributed by atoms with Crippen LogP contribution in [-0.4, -0.2) is 41.6 Å². The Hall–Kier alpha value is -4.21. The first kappa shape index (κ1) is 20.1. The van der Waals surface area contributed by atoms with Crippen LogP contribution in [0.4, 0.5) is 5.69 Å². The van der Waals surface area contributed by atoms with E-state index in [1.807, 2.05) is 37.4 Å². The van der Waals surface area contributed by atoms with E-state index in [9.17, 15) is 9.59 Å². The van der Waals surface area contributed by atoms with E-state index in [-0.39, 0.29) is 17.3 Å². The average molecular weight is 418 g/mol. The van der Waals surface area contributed by atoms with Gasteiger partial charge in [-0.15, -0.1) is 0 Å². The van der Waals surface area contributed by atoms with Crippen LogP contribution in [0.15, 0.2) is 48.9 Å². The third-order valence-electron chi connectivity index (χ3n) is 4.78. The summed E-state index contributed by atoms with van der Waals surface area (Å²) in [6.45, 7) is 2.32. The minimum absolute atomic E-state index is 0.246. The Kier molecular flexibility index (Phi) is 5.35. The SMILES string of the molecule is Cc1ccc(-c2cc(C(=O)Nc3cnn(C)c3C(=O)NCc3cnn(C)c3)[nH]n2)cc1. The summed E-state index contributed by atoms with van der Waals surface area (Å²) in [6.07, 6.45) is 4.93. The quantitative estimate of drug-likeness (QED) is 0.442. The number of aromatic nitrogens is 6. The lowest BCUT2D eigenvalue weighted by molar-refractivity contribution is 0.0942. The summed E-state index contributed by atoms with van der Waals surface area (Å²) in [5, 5.41) is 20.7. The standard InChI is InChI=1S/C21H22N8O2/c1-13-4-6-15(7-5-13)16-8-17(27-26-16)20(30)25-18-11-24-29(3)19(18)21(31)22-9-14-10-23-28(2)12-14/h4-8,10-12H,9H2,1-3H3,(H,22,31)(H,25,30)(H,26,27). The van der Waals surface area contributed by atoms with Crippen molar-refractivity contribution in [1.29, 1.82) is 0 Å². The maximum atomic E-state index is 12.7. The van der Waals surface area contributed by atoms with Gasteiger partial charge in [-0.2, -0.15) is 15.3 Å². The van der Waals surface area contributed by atoms with Gasteiger partial charge in [-0.1, -0.05) is 29.8 Å². The zero-order chi connectivity index (χ0) is 22.0. The molecule has 0 aliphatic carbocycles. The number of aromatic amines is 1. The van der Waals surface area contributed by atoms with Gasteiger partial charge in [0, 0.05) is 38.0 Å². The minimum atomic E-state index is -0.417. The highest BCUT2D eigenvalue weighted by Crippen LogP contribution is 2.20. The molecule has 3 heterocycles. The topological polar surface area (TPSA) is 123 Å². The summed E-state index contributed by atoms with van der Waals surface area (Å²) in [6, 6.07) is 9.52. The van der Waals surface area contributed by atoms with Crippen LogP contribution in [0.2, 0.25) is 0 Å². The molecule has 0 fully saturated rings. The molecule has 0 saturated heterocycles. The third-order valence-corrected chi connectivity index (χ3v) is 4.78. The predicted octanol–water partition coefficient (Wildman–Crippen LogP) is 2.03. The van der Waals surface area contributed by atoms with E-state index in [0.29, 0.717) is 17.9 Å². The number of hydrogen-bond acceptors (Lipinski definition) is 5. The molecule has 1 aromatic carbocycles. The number of nitrogens with one attached hydrogen (secondary N) is 3. The molecule has 0 radical (unpaired) electrons. The molecule has 158 valence electrons. The van der Waals surface area contributed by atoms with Crippen LogP contribution >= 0.6 is 0 Å². The van der Waals surface area contributed by atoms with Crippen LogP contribution in [0, 0.1) is 6.92 Å². The molecule has 3 N–H and O–H groups in total. The number of hydrogen-bond donors (Lipinski definition) is 3. The Bertz CT molecular complexity index is 1230. The molecule has 0 aliphatic rings. The lowest BCUT2D eigenvalue weighted by Gasteiger charge is -2.08. The number of H-pyrrole nitrogens is 1. The average Bonchev–Trinajstić information content (AvgIpc) is 3.47. The smallest absolute Gasteiger partial charge is 0.273 e. The van der Waals surface area contributed by atoms with Crippen molar-refractivity contribution in [2.24, 2.45) is 14.1 Å². The van der Waals surface area contributed by atoms with Crippen molar-refractivity contribution in [3.05, 3.63) is 71.4 Å². The van der Waals surface area contributed by atoms with Gasteiger partial charge in [0.25, 0.3) is 11.8 Å². The zero-order valence-corrected chi connectivity index (χ0v) is 17.4. The van der Waals surface area contributed by atoms with Gasteiger partial charge in [0.1, 0.15) is 11.4 Å². The van der Waals surface area contributed by atoms with Crippen molar-refractivity contribution < 1.29 is 9.59 Å². The van der Waals surface area contributed by atoms with Gasteiger partial charge in [-0.3, -0.25) is 24.1 Å². The fourth-order valence-corrected chi connectivity index (χ4v) is 3.13. The minimum Gasteiger partial charge on any atom is -0.346 e. The van der Waals surface area contributed by atoms with Crippen LogP contribution in [0.5, 0.6) is 0 Å². The molecule has 4 rings (SSSR count).